The van der Waals surface area contributed by atoms with Gasteiger partial charge in [0.2, 0.25) is 0 Å². The molecule has 1 aliphatic rings. The molecule has 0 amide bonds. The van der Waals surface area contributed by atoms with Crippen LogP contribution in [0.5, 0.6) is 11.5 Å². The highest BCUT2D eigenvalue weighted by Gasteiger charge is 2.32. The van der Waals surface area contributed by atoms with Crippen LogP contribution >= 0.6 is 57.1 Å². The van der Waals surface area contributed by atoms with Crippen molar-refractivity contribution in [2.75, 3.05) is 6.61 Å². The van der Waals surface area contributed by atoms with Crippen molar-refractivity contribution in [1.29, 1.82) is 5.26 Å². The Balaban J connectivity index is 1.58. The fraction of sp³-hybridized carbons (Fsp3) is 0.379. The van der Waals surface area contributed by atoms with Crippen LogP contribution in [0.2, 0.25) is 10.0 Å². The van der Waals surface area contributed by atoms with E-state index in [2.05, 4.69) is 49.4 Å². The summed E-state index contributed by atoms with van der Waals surface area (Å²) in [4.78, 5) is 6.08. The molecule has 1 aromatic heterocycles. The number of nitriles is 1. The largest absolute Gasteiger partial charge is 0.490 e. The topological polar surface area (TPSA) is 54.6 Å². The summed E-state index contributed by atoms with van der Waals surface area (Å²) in [6.45, 7) is 9.63. The third-order valence-electron chi connectivity index (χ3n) is 6.63. The lowest BCUT2D eigenvalue weighted by atomic mass is 9.72. The molecule has 0 saturated carbocycles. The van der Waals surface area contributed by atoms with Gasteiger partial charge < -0.3 is 9.47 Å². The van der Waals surface area contributed by atoms with Crippen LogP contribution in [0.25, 0.3) is 0 Å². The van der Waals surface area contributed by atoms with Crippen LogP contribution in [0.1, 0.15) is 61.2 Å². The summed E-state index contributed by atoms with van der Waals surface area (Å²) in [5.41, 5.74) is 3.90. The summed E-state index contributed by atoms with van der Waals surface area (Å²) in [6, 6.07) is 11.7. The Labute approximate surface area is 246 Å². The minimum atomic E-state index is 0.257. The molecule has 0 unspecified atom stereocenters. The normalized spacial score (nSPS) is 15.5. The maximum atomic E-state index is 9.90. The fourth-order valence-corrected chi connectivity index (χ4v) is 6.97. The van der Waals surface area contributed by atoms with Crippen molar-refractivity contribution in [3.63, 3.8) is 0 Å². The number of rotatable bonds is 7. The minimum Gasteiger partial charge on any atom is -0.490 e. The first-order valence-corrected chi connectivity index (χ1v) is 14.9. The first kappa shape index (κ1) is 28.2. The zero-order chi connectivity index (χ0) is 26.7. The van der Waals surface area contributed by atoms with E-state index in [-0.39, 0.29) is 5.41 Å². The predicted octanol–water partition coefficient (Wildman–Crippen LogP) is 9.41. The van der Waals surface area contributed by atoms with Gasteiger partial charge in [-0.15, -0.1) is 11.3 Å². The molecule has 1 heterocycles. The van der Waals surface area contributed by atoms with Gasteiger partial charge in [0, 0.05) is 26.7 Å². The molecule has 0 N–H and O–H groups in total. The molecule has 0 spiro atoms. The van der Waals surface area contributed by atoms with Crippen LogP contribution < -0.4 is 9.47 Å². The SMILES string of the molecule is CCOc1cc(C=Nc2sc3c(c2C#N)CC[C@@H](C(C)(C)C)C3)cc(I)c1OCc1ccc(Cl)cc1Cl. The highest BCUT2D eigenvalue weighted by molar-refractivity contribution is 14.1. The number of fused-ring (bicyclic) bond motifs is 1. The lowest BCUT2D eigenvalue weighted by Crippen LogP contribution is -2.26. The number of thiophene rings is 1. The van der Waals surface area contributed by atoms with Gasteiger partial charge in [-0.25, -0.2) is 4.99 Å². The highest BCUT2D eigenvalue weighted by atomic mass is 127. The van der Waals surface area contributed by atoms with Crippen LogP contribution in [0.4, 0.5) is 5.00 Å². The van der Waals surface area contributed by atoms with Gasteiger partial charge in [0.25, 0.3) is 0 Å². The summed E-state index contributed by atoms with van der Waals surface area (Å²) in [7, 11) is 0. The standard InChI is InChI=1S/C29H29Cl2IN2O2S/c1-5-35-25-11-17(10-24(32)27(25)36-16-18-6-8-20(30)13-23(18)31)15-34-28-22(14-33)21-9-7-19(29(2,3)4)12-26(21)37-28/h6,8,10-11,13,15,19H,5,7,9,12,16H2,1-4H3/t19-/m1/s1. The van der Waals surface area contributed by atoms with E-state index >= 15 is 0 Å². The van der Waals surface area contributed by atoms with Crippen LogP contribution in [0.15, 0.2) is 35.3 Å². The number of hydrogen-bond acceptors (Lipinski definition) is 5. The molecule has 4 rings (SSSR count). The van der Waals surface area contributed by atoms with Crippen LogP contribution in [0.3, 0.4) is 0 Å². The minimum absolute atomic E-state index is 0.257. The van der Waals surface area contributed by atoms with Gasteiger partial charge in [-0.1, -0.05) is 50.0 Å². The van der Waals surface area contributed by atoms with Crippen molar-refractivity contribution in [2.24, 2.45) is 16.3 Å². The van der Waals surface area contributed by atoms with Crippen LogP contribution in [0, 0.1) is 26.2 Å². The quantitative estimate of drug-likeness (QED) is 0.186. The third kappa shape index (κ3) is 6.62. The lowest BCUT2D eigenvalue weighted by molar-refractivity contribution is 0.218. The Morgan fingerprint density at radius 3 is 2.68 bits per heavy atom. The molecule has 3 aromatic rings. The van der Waals surface area contributed by atoms with Crippen molar-refractivity contribution in [1.82, 2.24) is 0 Å². The van der Waals surface area contributed by atoms with Gasteiger partial charge in [-0.3, -0.25) is 0 Å². The highest BCUT2D eigenvalue weighted by Crippen LogP contribution is 2.45. The number of ether oxygens (including phenoxy) is 2. The molecule has 0 bridgehead atoms. The monoisotopic (exact) mass is 666 g/mol. The molecule has 1 atom stereocenters. The van der Waals surface area contributed by atoms with Gasteiger partial charge in [0.15, 0.2) is 11.5 Å². The average molecular weight is 667 g/mol. The number of aliphatic imine (C=N–C) groups is 1. The van der Waals surface area contributed by atoms with Gasteiger partial charge in [0.05, 0.1) is 15.7 Å². The van der Waals surface area contributed by atoms with Crippen molar-refractivity contribution in [3.05, 3.63) is 71.1 Å². The molecule has 0 saturated heterocycles. The number of halogens is 3. The van der Waals surface area contributed by atoms with E-state index in [0.29, 0.717) is 40.7 Å². The molecule has 8 heteroatoms. The van der Waals surface area contributed by atoms with E-state index in [1.54, 1.807) is 23.5 Å². The van der Waals surface area contributed by atoms with E-state index in [1.807, 2.05) is 31.3 Å². The molecule has 194 valence electrons. The molecular weight excluding hydrogens is 638 g/mol. The van der Waals surface area contributed by atoms with Crippen LogP contribution in [-0.2, 0) is 19.4 Å². The lowest BCUT2D eigenvalue weighted by Gasteiger charge is -2.33. The molecule has 0 fully saturated rings. The Kier molecular flexibility index (Phi) is 9.11. The summed E-state index contributed by atoms with van der Waals surface area (Å²) < 4.78 is 12.9. The second-order valence-electron chi connectivity index (χ2n) is 10.1. The molecule has 0 radical (unpaired) electrons. The molecule has 37 heavy (non-hydrogen) atoms. The Bertz CT molecular complexity index is 1370. The number of nitrogens with zero attached hydrogens (tertiary/aromatic N) is 2. The van der Waals surface area contributed by atoms with E-state index in [4.69, 9.17) is 37.7 Å². The Morgan fingerprint density at radius 2 is 2.00 bits per heavy atom. The van der Waals surface area contributed by atoms with Crippen molar-refractivity contribution < 1.29 is 9.47 Å². The second kappa shape index (κ2) is 11.9. The van der Waals surface area contributed by atoms with Gasteiger partial charge in [-0.2, -0.15) is 5.26 Å². The fourth-order valence-electron chi connectivity index (χ4n) is 4.50. The molecule has 4 nitrogen and oxygen atoms in total. The van der Waals surface area contributed by atoms with Gasteiger partial charge >= 0.3 is 0 Å². The van der Waals surface area contributed by atoms with E-state index in [9.17, 15) is 5.26 Å². The maximum absolute atomic E-state index is 9.90. The summed E-state index contributed by atoms with van der Waals surface area (Å²) in [5, 5.41) is 11.8. The first-order chi connectivity index (χ1) is 17.6. The van der Waals surface area contributed by atoms with E-state index in [1.165, 1.54) is 10.4 Å². The van der Waals surface area contributed by atoms with E-state index < -0.39 is 0 Å². The molecule has 0 aliphatic heterocycles. The summed E-state index contributed by atoms with van der Waals surface area (Å²) in [6.07, 6.45) is 4.89. The summed E-state index contributed by atoms with van der Waals surface area (Å²) in [5.74, 6) is 1.91. The molecule has 1 aliphatic carbocycles. The van der Waals surface area contributed by atoms with Crippen LogP contribution in [-0.4, -0.2) is 12.8 Å². The van der Waals surface area contributed by atoms with Gasteiger partial charge in [-0.05, 0) is 95.5 Å². The maximum Gasteiger partial charge on any atom is 0.175 e. The zero-order valence-electron chi connectivity index (χ0n) is 21.3. The third-order valence-corrected chi connectivity index (χ3v) is 9.18. The average Bonchev–Trinajstić information content (AvgIpc) is 3.19. The predicted molar refractivity (Wildman–Crippen MR) is 162 cm³/mol. The first-order valence-electron chi connectivity index (χ1n) is 12.2. The zero-order valence-corrected chi connectivity index (χ0v) is 25.8. The van der Waals surface area contributed by atoms with Gasteiger partial charge in [0.1, 0.15) is 17.7 Å². The molecular formula is C29H29Cl2IN2O2S. The van der Waals surface area contributed by atoms with Crippen molar-refractivity contribution in [2.45, 2.75) is 53.6 Å². The van der Waals surface area contributed by atoms with E-state index in [0.717, 1.165) is 44.5 Å². The number of hydrogen-bond donors (Lipinski definition) is 0. The van der Waals surface area contributed by atoms with Crippen molar-refractivity contribution in [3.8, 4) is 17.6 Å². The molecule has 2 aromatic carbocycles. The van der Waals surface area contributed by atoms with Crippen molar-refractivity contribution >= 4 is 68.3 Å². The Hall–Kier alpha value is -1.79. The summed E-state index contributed by atoms with van der Waals surface area (Å²) >= 11 is 16.2. The smallest absolute Gasteiger partial charge is 0.175 e. The number of benzene rings is 2. The second-order valence-corrected chi connectivity index (χ2v) is 13.2. The Morgan fingerprint density at radius 1 is 1.22 bits per heavy atom.